The van der Waals surface area contributed by atoms with E-state index in [4.69, 9.17) is 4.74 Å². The number of rotatable bonds is 8. The van der Waals surface area contributed by atoms with Gasteiger partial charge in [0.05, 0.1) is 18.0 Å². The highest BCUT2D eigenvalue weighted by atomic mass is 32.2. The number of piperazine rings is 1. The molecule has 0 spiro atoms. The highest BCUT2D eigenvalue weighted by Gasteiger charge is 2.25. The van der Waals surface area contributed by atoms with Crippen LogP contribution in [0.4, 0.5) is 5.69 Å². The van der Waals surface area contributed by atoms with Gasteiger partial charge in [-0.3, -0.25) is 9.69 Å². The smallest absolute Gasteiger partial charge is 0.255 e. The van der Waals surface area contributed by atoms with Crippen LogP contribution in [0.2, 0.25) is 0 Å². The van der Waals surface area contributed by atoms with E-state index in [1.165, 1.54) is 0 Å². The number of sulfonamides is 1. The Balaban J connectivity index is 1.56. The van der Waals surface area contributed by atoms with Crippen LogP contribution in [0.5, 0.6) is 5.75 Å². The summed E-state index contributed by atoms with van der Waals surface area (Å²) in [6.07, 6.45) is 0. The van der Waals surface area contributed by atoms with E-state index < -0.39 is 10.0 Å². The average molecular weight is 432 g/mol. The summed E-state index contributed by atoms with van der Waals surface area (Å²) in [4.78, 5) is 14.8. The molecule has 0 atom stereocenters. The number of hydrogen-bond acceptors (Lipinski definition) is 5. The minimum absolute atomic E-state index is 0.144. The molecule has 3 rings (SSSR count). The van der Waals surface area contributed by atoms with Crippen LogP contribution in [-0.2, 0) is 16.6 Å². The lowest BCUT2D eigenvalue weighted by molar-refractivity contribution is 0.102. The second kappa shape index (κ2) is 10.1. The fourth-order valence-corrected chi connectivity index (χ4v) is 4.50. The maximum Gasteiger partial charge on any atom is 0.255 e. The number of nitrogens with zero attached hydrogens (tertiary/aromatic N) is 2. The van der Waals surface area contributed by atoms with Crippen LogP contribution in [0.15, 0.2) is 48.5 Å². The van der Waals surface area contributed by atoms with Gasteiger partial charge in [-0.05, 0) is 43.7 Å². The van der Waals surface area contributed by atoms with Gasteiger partial charge in [-0.1, -0.05) is 24.3 Å². The first-order valence-electron chi connectivity index (χ1n) is 10.2. The number of anilines is 1. The van der Waals surface area contributed by atoms with E-state index in [0.29, 0.717) is 49.8 Å². The molecule has 0 saturated carbocycles. The van der Waals surface area contributed by atoms with Gasteiger partial charge >= 0.3 is 0 Å². The average Bonchev–Trinajstić information content (AvgIpc) is 2.76. The summed E-state index contributed by atoms with van der Waals surface area (Å²) in [5, 5.41) is 2.90. The Morgan fingerprint density at radius 2 is 1.67 bits per heavy atom. The van der Waals surface area contributed by atoms with Crippen molar-refractivity contribution in [2.75, 3.05) is 43.9 Å². The molecule has 1 aliphatic heterocycles. The molecule has 0 aliphatic carbocycles. The van der Waals surface area contributed by atoms with E-state index in [1.54, 1.807) is 11.2 Å². The molecule has 0 radical (unpaired) electrons. The van der Waals surface area contributed by atoms with Crippen LogP contribution in [-0.4, -0.2) is 62.1 Å². The quantitative estimate of drug-likeness (QED) is 0.695. The van der Waals surface area contributed by atoms with Gasteiger partial charge in [0.15, 0.2) is 0 Å². The molecular formula is C22H29N3O4S. The zero-order valence-corrected chi connectivity index (χ0v) is 18.3. The molecule has 1 amide bonds. The molecule has 0 bridgehead atoms. The lowest BCUT2D eigenvalue weighted by atomic mass is 10.1. The van der Waals surface area contributed by atoms with Crippen LogP contribution in [0.1, 0.15) is 29.8 Å². The predicted molar refractivity (Wildman–Crippen MR) is 118 cm³/mol. The standard InChI is InChI=1S/C22H29N3O4S/c1-3-29-21-8-6-5-7-20(21)23-22(26)19-11-9-18(10-12-19)17-24-13-15-25(16-14-24)30(27,28)4-2/h5-12H,3-4,13-17H2,1-2H3,(H,23,26). The maximum atomic E-state index is 12.6. The van der Waals surface area contributed by atoms with Gasteiger partial charge in [-0.25, -0.2) is 8.42 Å². The summed E-state index contributed by atoms with van der Waals surface area (Å²) in [7, 11) is -3.11. The molecule has 1 heterocycles. The van der Waals surface area contributed by atoms with Gasteiger partial charge in [0, 0.05) is 38.3 Å². The monoisotopic (exact) mass is 431 g/mol. The topological polar surface area (TPSA) is 79.0 Å². The third kappa shape index (κ3) is 5.59. The predicted octanol–water partition coefficient (Wildman–Crippen LogP) is 2.80. The summed E-state index contributed by atoms with van der Waals surface area (Å²) < 4.78 is 31.1. The van der Waals surface area contributed by atoms with Crippen LogP contribution in [0.25, 0.3) is 0 Å². The second-order valence-corrected chi connectivity index (χ2v) is 9.41. The van der Waals surface area contributed by atoms with Gasteiger partial charge in [0.2, 0.25) is 10.0 Å². The van der Waals surface area contributed by atoms with E-state index in [9.17, 15) is 13.2 Å². The number of para-hydroxylation sites is 2. The molecule has 1 saturated heterocycles. The molecule has 162 valence electrons. The summed E-state index contributed by atoms with van der Waals surface area (Å²) >= 11 is 0. The highest BCUT2D eigenvalue weighted by molar-refractivity contribution is 7.89. The molecule has 30 heavy (non-hydrogen) atoms. The Labute approximate surface area is 178 Å². The van der Waals surface area contributed by atoms with Crippen molar-refractivity contribution in [3.8, 4) is 5.75 Å². The molecular weight excluding hydrogens is 402 g/mol. The van der Waals surface area contributed by atoms with Crippen molar-refractivity contribution in [2.24, 2.45) is 0 Å². The largest absolute Gasteiger partial charge is 0.492 e. The number of benzene rings is 2. The van der Waals surface area contributed by atoms with E-state index >= 15 is 0 Å². The summed E-state index contributed by atoms with van der Waals surface area (Å²) in [5.74, 6) is 0.604. The SMILES string of the molecule is CCOc1ccccc1NC(=O)c1ccc(CN2CCN(S(=O)(=O)CC)CC2)cc1. The molecule has 1 aliphatic rings. The summed E-state index contributed by atoms with van der Waals surface area (Å²) in [6, 6.07) is 14.9. The van der Waals surface area contributed by atoms with E-state index in [0.717, 1.165) is 12.1 Å². The van der Waals surface area contributed by atoms with Gasteiger partial charge < -0.3 is 10.1 Å². The van der Waals surface area contributed by atoms with Crippen molar-refractivity contribution in [1.29, 1.82) is 0 Å². The molecule has 7 nitrogen and oxygen atoms in total. The zero-order valence-electron chi connectivity index (χ0n) is 17.5. The third-order valence-corrected chi connectivity index (χ3v) is 7.03. The van der Waals surface area contributed by atoms with Crippen molar-refractivity contribution in [1.82, 2.24) is 9.21 Å². The molecule has 2 aromatic carbocycles. The number of ether oxygens (including phenoxy) is 1. The molecule has 2 aromatic rings. The summed E-state index contributed by atoms with van der Waals surface area (Å²) in [5.41, 5.74) is 2.31. The minimum Gasteiger partial charge on any atom is -0.492 e. The van der Waals surface area contributed by atoms with Crippen molar-refractivity contribution in [2.45, 2.75) is 20.4 Å². The number of amides is 1. The lowest BCUT2D eigenvalue weighted by Gasteiger charge is -2.33. The van der Waals surface area contributed by atoms with Crippen LogP contribution < -0.4 is 10.1 Å². The molecule has 0 aromatic heterocycles. The van der Waals surface area contributed by atoms with Gasteiger partial charge in [0.1, 0.15) is 5.75 Å². The molecule has 0 unspecified atom stereocenters. The molecule has 8 heteroatoms. The van der Waals surface area contributed by atoms with Crippen molar-refractivity contribution < 1.29 is 17.9 Å². The maximum absolute atomic E-state index is 12.6. The normalized spacial score (nSPS) is 15.7. The molecule has 1 N–H and O–H groups in total. The van der Waals surface area contributed by atoms with E-state index in [2.05, 4.69) is 10.2 Å². The van der Waals surface area contributed by atoms with Crippen molar-refractivity contribution in [3.63, 3.8) is 0 Å². The fourth-order valence-electron chi connectivity index (χ4n) is 3.41. The zero-order chi connectivity index (χ0) is 21.6. The lowest BCUT2D eigenvalue weighted by Crippen LogP contribution is -2.48. The fraction of sp³-hybridized carbons (Fsp3) is 0.409. The van der Waals surface area contributed by atoms with Gasteiger partial charge in [0.25, 0.3) is 5.91 Å². The van der Waals surface area contributed by atoms with E-state index in [1.807, 2.05) is 55.5 Å². The van der Waals surface area contributed by atoms with Crippen molar-refractivity contribution >= 4 is 21.6 Å². The first kappa shape index (κ1) is 22.3. The van der Waals surface area contributed by atoms with E-state index in [-0.39, 0.29) is 11.7 Å². The molecule has 1 fully saturated rings. The van der Waals surface area contributed by atoms with Crippen LogP contribution in [0, 0.1) is 0 Å². The first-order chi connectivity index (χ1) is 14.4. The minimum atomic E-state index is -3.11. The number of carbonyl (C=O) groups excluding carboxylic acids is 1. The Kier molecular flexibility index (Phi) is 7.47. The van der Waals surface area contributed by atoms with Crippen LogP contribution >= 0.6 is 0 Å². The van der Waals surface area contributed by atoms with Crippen molar-refractivity contribution in [3.05, 3.63) is 59.7 Å². The van der Waals surface area contributed by atoms with Gasteiger partial charge in [-0.15, -0.1) is 0 Å². The van der Waals surface area contributed by atoms with Gasteiger partial charge in [-0.2, -0.15) is 4.31 Å². The van der Waals surface area contributed by atoms with Crippen LogP contribution in [0.3, 0.4) is 0 Å². The number of carbonyl (C=O) groups is 1. The number of nitrogens with one attached hydrogen (secondary N) is 1. The second-order valence-electron chi connectivity index (χ2n) is 7.16. The number of hydrogen-bond donors (Lipinski definition) is 1. The Hall–Kier alpha value is -2.42. The Morgan fingerprint density at radius 1 is 1.00 bits per heavy atom. The third-order valence-electron chi connectivity index (χ3n) is 5.15. The summed E-state index contributed by atoms with van der Waals surface area (Å²) in [6.45, 7) is 7.29. The Bertz CT molecular complexity index is 953. The highest BCUT2D eigenvalue weighted by Crippen LogP contribution is 2.24. The first-order valence-corrected chi connectivity index (χ1v) is 11.9. The Morgan fingerprint density at radius 3 is 2.30 bits per heavy atom.